The molecule has 98 valence electrons. The summed E-state index contributed by atoms with van der Waals surface area (Å²) in [5, 5.41) is 0. The summed E-state index contributed by atoms with van der Waals surface area (Å²) < 4.78 is 10.1. The third-order valence-corrected chi connectivity index (χ3v) is 2.23. The van der Waals surface area contributed by atoms with Crippen molar-refractivity contribution in [2.24, 2.45) is 5.73 Å². The molecule has 1 aromatic rings. The maximum Gasteiger partial charge on any atom is 0.338 e. The van der Waals surface area contributed by atoms with Crippen LogP contribution in [0.1, 0.15) is 24.2 Å². The predicted octanol–water partition coefficient (Wildman–Crippen LogP) is 0.698. The molecular formula is C12H16N2O4. The van der Waals surface area contributed by atoms with E-state index in [1.54, 1.807) is 6.07 Å². The number of ether oxygens (including phenoxy) is 2. The Hall–Kier alpha value is -2.24. The smallest absolute Gasteiger partial charge is 0.338 e. The molecule has 4 N–H and O–H groups in total. The number of hydrogen-bond acceptors (Lipinski definition) is 5. The number of amides is 1. The molecule has 0 radical (unpaired) electrons. The van der Waals surface area contributed by atoms with Crippen molar-refractivity contribution in [2.75, 3.05) is 12.3 Å². The van der Waals surface area contributed by atoms with Crippen molar-refractivity contribution in [3.63, 3.8) is 0 Å². The van der Waals surface area contributed by atoms with Crippen molar-refractivity contribution in [3.8, 4) is 5.75 Å². The Morgan fingerprint density at radius 2 is 2.06 bits per heavy atom. The molecule has 0 aliphatic carbocycles. The summed E-state index contributed by atoms with van der Waals surface area (Å²) in [5.41, 5.74) is 11.3. The van der Waals surface area contributed by atoms with E-state index in [9.17, 15) is 9.59 Å². The topological polar surface area (TPSA) is 105 Å². The molecule has 1 unspecified atom stereocenters. The molecule has 6 nitrogen and oxygen atoms in total. The molecule has 0 aliphatic heterocycles. The average molecular weight is 252 g/mol. The third-order valence-electron chi connectivity index (χ3n) is 2.23. The summed E-state index contributed by atoms with van der Waals surface area (Å²) in [7, 11) is 0. The van der Waals surface area contributed by atoms with Gasteiger partial charge in [-0.15, -0.1) is 0 Å². The summed E-state index contributed by atoms with van der Waals surface area (Å²) in [4.78, 5) is 22.4. The fourth-order valence-electron chi connectivity index (χ4n) is 1.25. The summed E-state index contributed by atoms with van der Waals surface area (Å²) in [6, 6.07) is 4.52. The van der Waals surface area contributed by atoms with E-state index in [4.69, 9.17) is 20.9 Å². The molecule has 1 rings (SSSR count). The van der Waals surface area contributed by atoms with Gasteiger partial charge < -0.3 is 20.9 Å². The van der Waals surface area contributed by atoms with E-state index in [-0.39, 0.29) is 5.56 Å². The quantitative estimate of drug-likeness (QED) is 0.592. The van der Waals surface area contributed by atoms with Crippen molar-refractivity contribution >= 4 is 17.6 Å². The van der Waals surface area contributed by atoms with E-state index >= 15 is 0 Å². The Morgan fingerprint density at radius 3 is 2.56 bits per heavy atom. The molecule has 0 saturated heterocycles. The summed E-state index contributed by atoms with van der Waals surface area (Å²) in [6.45, 7) is 3.71. The van der Waals surface area contributed by atoms with Crippen LogP contribution in [0.2, 0.25) is 0 Å². The molecule has 0 spiro atoms. The summed E-state index contributed by atoms with van der Waals surface area (Å²) in [5.74, 6) is -0.865. The molecule has 1 aromatic carbocycles. The van der Waals surface area contributed by atoms with Crippen LogP contribution in [0.4, 0.5) is 5.69 Å². The Morgan fingerprint density at radius 1 is 1.39 bits per heavy atom. The molecule has 1 amide bonds. The second-order valence-corrected chi connectivity index (χ2v) is 3.64. The number of benzene rings is 1. The van der Waals surface area contributed by atoms with E-state index < -0.39 is 18.0 Å². The number of carbonyl (C=O) groups is 2. The lowest BCUT2D eigenvalue weighted by Crippen LogP contribution is -2.30. The van der Waals surface area contributed by atoms with Gasteiger partial charge in [-0.2, -0.15) is 0 Å². The van der Waals surface area contributed by atoms with Gasteiger partial charge in [0, 0.05) is 0 Å². The van der Waals surface area contributed by atoms with E-state index in [1.807, 2.05) is 6.92 Å². The number of anilines is 1. The van der Waals surface area contributed by atoms with Crippen LogP contribution in [-0.2, 0) is 9.53 Å². The van der Waals surface area contributed by atoms with Gasteiger partial charge in [0.2, 0.25) is 0 Å². The fraction of sp³-hybridized carbons (Fsp3) is 0.333. The van der Waals surface area contributed by atoms with E-state index in [2.05, 4.69) is 0 Å². The van der Waals surface area contributed by atoms with E-state index in [0.29, 0.717) is 18.0 Å². The molecule has 0 aliphatic rings. The second-order valence-electron chi connectivity index (χ2n) is 3.64. The van der Waals surface area contributed by atoms with Crippen molar-refractivity contribution < 1.29 is 19.1 Å². The van der Waals surface area contributed by atoms with Gasteiger partial charge in [-0.05, 0) is 32.0 Å². The zero-order valence-corrected chi connectivity index (χ0v) is 10.3. The molecule has 0 aromatic heterocycles. The first kappa shape index (κ1) is 13.8. The van der Waals surface area contributed by atoms with Crippen LogP contribution in [0.3, 0.4) is 0 Å². The SMILES string of the molecule is CCOc1ccc(C(=O)OC(C)C(N)=O)cc1N. The Labute approximate surface area is 105 Å². The van der Waals surface area contributed by atoms with Gasteiger partial charge in [0.15, 0.2) is 6.10 Å². The number of carbonyl (C=O) groups excluding carboxylic acids is 2. The van der Waals surface area contributed by atoms with Crippen molar-refractivity contribution in [2.45, 2.75) is 20.0 Å². The fourth-order valence-corrected chi connectivity index (χ4v) is 1.25. The lowest BCUT2D eigenvalue weighted by atomic mass is 10.2. The highest BCUT2D eigenvalue weighted by atomic mass is 16.5. The third kappa shape index (κ3) is 3.38. The van der Waals surface area contributed by atoms with Gasteiger partial charge in [-0.1, -0.05) is 0 Å². The lowest BCUT2D eigenvalue weighted by Gasteiger charge is -2.11. The minimum atomic E-state index is -0.981. The number of primary amides is 1. The zero-order chi connectivity index (χ0) is 13.7. The Bertz CT molecular complexity index is 459. The van der Waals surface area contributed by atoms with Gasteiger partial charge >= 0.3 is 5.97 Å². The van der Waals surface area contributed by atoms with Gasteiger partial charge in [0.05, 0.1) is 17.9 Å². The highest BCUT2D eigenvalue weighted by Crippen LogP contribution is 2.23. The largest absolute Gasteiger partial charge is 0.492 e. The number of hydrogen-bond donors (Lipinski definition) is 2. The molecule has 1 atom stereocenters. The van der Waals surface area contributed by atoms with Crippen molar-refractivity contribution in [1.82, 2.24) is 0 Å². The van der Waals surface area contributed by atoms with E-state index in [1.165, 1.54) is 19.1 Å². The molecule has 0 saturated carbocycles. The molecule has 6 heteroatoms. The number of nitrogen functional groups attached to an aromatic ring is 1. The van der Waals surface area contributed by atoms with Crippen molar-refractivity contribution in [1.29, 1.82) is 0 Å². The molecule has 18 heavy (non-hydrogen) atoms. The van der Waals surface area contributed by atoms with Crippen LogP contribution in [0.25, 0.3) is 0 Å². The first-order chi connectivity index (χ1) is 8.45. The summed E-state index contributed by atoms with van der Waals surface area (Å²) >= 11 is 0. The van der Waals surface area contributed by atoms with Gasteiger partial charge in [0.25, 0.3) is 5.91 Å². The normalized spacial score (nSPS) is 11.7. The van der Waals surface area contributed by atoms with Crippen LogP contribution < -0.4 is 16.2 Å². The molecule has 0 heterocycles. The monoisotopic (exact) mass is 252 g/mol. The van der Waals surface area contributed by atoms with Crippen LogP contribution >= 0.6 is 0 Å². The lowest BCUT2D eigenvalue weighted by molar-refractivity contribution is -0.125. The van der Waals surface area contributed by atoms with Crippen LogP contribution in [-0.4, -0.2) is 24.6 Å². The minimum Gasteiger partial charge on any atom is -0.492 e. The number of esters is 1. The first-order valence-corrected chi connectivity index (χ1v) is 5.48. The number of rotatable bonds is 5. The van der Waals surface area contributed by atoms with Crippen molar-refractivity contribution in [3.05, 3.63) is 23.8 Å². The van der Waals surface area contributed by atoms with Crippen LogP contribution in [0.15, 0.2) is 18.2 Å². The Balaban J connectivity index is 2.81. The maximum absolute atomic E-state index is 11.7. The minimum absolute atomic E-state index is 0.240. The van der Waals surface area contributed by atoms with Crippen LogP contribution in [0.5, 0.6) is 5.75 Å². The molecule has 0 fully saturated rings. The van der Waals surface area contributed by atoms with Gasteiger partial charge in [-0.3, -0.25) is 4.79 Å². The molecule has 0 bridgehead atoms. The van der Waals surface area contributed by atoms with E-state index in [0.717, 1.165) is 0 Å². The maximum atomic E-state index is 11.7. The number of nitrogens with two attached hydrogens (primary N) is 2. The second kappa shape index (κ2) is 5.90. The van der Waals surface area contributed by atoms with Gasteiger partial charge in [0.1, 0.15) is 5.75 Å². The predicted molar refractivity (Wildman–Crippen MR) is 66.1 cm³/mol. The summed E-state index contributed by atoms with van der Waals surface area (Å²) in [6.07, 6.45) is -0.981. The van der Waals surface area contributed by atoms with Crippen LogP contribution in [0, 0.1) is 0 Å². The highest BCUT2D eigenvalue weighted by Gasteiger charge is 2.17. The molecular weight excluding hydrogens is 236 g/mol. The highest BCUT2D eigenvalue weighted by molar-refractivity contribution is 5.93. The standard InChI is InChI=1S/C12H16N2O4/c1-3-17-10-5-4-8(6-9(10)13)12(16)18-7(2)11(14)15/h4-7H,3,13H2,1-2H3,(H2,14,15). The Kier molecular flexibility index (Phi) is 4.53. The first-order valence-electron chi connectivity index (χ1n) is 5.48. The van der Waals surface area contributed by atoms with Gasteiger partial charge in [-0.25, -0.2) is 4.79 Å². The average Bonchev–Trinajstić information content (AvgIpc) is 2.31. The zero-order valence-electron chi connectivity index (χ0n) is 10.3.